The summed E-state index contributed by atoms with van der Waals surface area (Å²) in [6.45, 7) is 0. The molecule has 0 saturated carbocycles. The van der Waals surface area contributed by atoms with E-state index in [1.807, 2.05) is 6.08 Å². The summed E-state index contributed by atoms with van der Waals surface area (Å²) in [5.41, 5.74) is 0. The molecule has 80 valence electrons. The Morgan fingerprint density at radius 3 is 2.64 bits per heavy atom. The van der Waals surface area contributed by atoms with Crippen LogP contribution in [0.15, 0.2) is 12.2 Å². The van der Waals surface area contributed by atoms with Crippen molar-refractivity contribution in [2.45, 2.75) is 28.8 Å². The van der Waals surface area contributed by atoms with Gasteiger partial charge in [0, 0.05) is 0 Å². The predicted molar refractivity (Wildman–Crippen MR) is 56.6 cm³/mol. The predicted octanol–water partition coefficient (Wildman–Crippen LogP) is 1.55. The molecule has 1 amide bonds. The number of carbonyl (C=O) groups is 1. The first-order chi connectivity index (χ1) is 6.41. The second kappa shape index (κ2) is 4.71. The van der Waals surface area contributed by atoms with Gasteiger partial charge in [-0.1, -0.05) is 47.0 Å². The molecular weight excluding hydrogens is 248 g/mol. The molecule has 1 rings (SSSR count). The summed E-state index contributed by atoms with van der Waals surface area (Å²) in [6, 6.07) is -0.372. The number of allylic oxidation sites excluding steroid dienone is 1. The minimum Gasteiger partial charge on any atom is -0.387 e. The van der Waals surface area contributed by atoms with Gasteiger partial charge in [0.15, 0.2) is 0 Å². The molecule has 0 aromatic carbocycles. The number of hydrogen-bond donors (Lipinski definition) is 2. The molecule has 3 nitrogen and oxygen atoms in total. The second-order valence-corrected chi connectivity index (χ2v) is 5.36. The van der Waals surface area contributed by atoms with Crippen LogP contribution in [-0.2, 0) is 4.79 Å². The van der Waals surface area contributed by atoms with Crippen molar-refractivity contribution in [3.05, 3.63) is 12.2 Å². The van der Waals surface area contributed by atoms with Crippen molar-refractivity contribution in [2.24, 2.45) is 0 Å². The van der Waals surface area contributed by atoms with Gasteiger partial charge in [0.05, 0.1) is 12.1 Å². The van der Waals surface area contributed by atoms with Crippen molar-refractivity contribution in [3.8, 4) is 0 Å². The lowest BCUT2D eigenvalue weighted by atomic mass is 9.99. The summed E-state index contributed by atoms with van der Waals surface area (Å²) in [5, 5.41) is 11.9. The van der Waals surface area contributed by atoms with E-state index in [9.17, 15) is 9.90 Å². The third kappa shape index (κ3) is 3.31. The summed E-state index contributed by atoms with van der Waals surface area (Å²) in [6.07, 6.45) is 4.20. The SMILES string of the molecule is O=C(N[C@H]1CCC=C[C@H]1O)C(Cl)(Cl)Cl. The van der Waals surface area contributed by atoms with Gasteiger partial charge in [-0.15, -0.1) is 0 Å². The summed E-state index contributed by atoms with van der Waals surface area (Å²) in [7, 11) is 0. The average Bonchev–Trinajstić information content (AvgIpc) is 2.07. The van der Waals surface area contributed by atoms with Crippen LogP contribution in [0, 0.1) is 0 Å². The van der Waals surface area contributed by atoms with Crippen molar-refractivity contribution < 1.29 is 9.90 Å². The first kappa shape index (κ1) is 12.1. The van der Waals surface area contributed by atoms with E-state index in [0.29, 0.717) is 6.42 Å². The average molecular weight is 259 g/mol. The Morgan fingerprint density at radius 2 is 2.14 bits per heavy atom. The number of hydrogen-bond acceptors (Lipinski definition) is 2. The van der Waals surface area contributed by atoms with E-state index < -0.39 is 15.8 Å². The van der Waals surface area contributed by atoms with Crippen LogP contribution in [0.5, 0.6) is 0 Å². The second-order valence-electron chi connectivity index (χ2n) is 3.07. The zero-order valence-electron chi connectivity index (χ0n) is 7.21. The molecule has 1 aliphatic rings. The van der Waals surface area contributed by atoms with E-state index in [-0.39, 0.29) is 6.04 Å². The van der Waals surface area contributed by atoms with Crippen LogP contribution < -0.4 is 5.32 Å². The molecule has 0 heterocycles. The Hall–Kier alpha value is 0.0400. The van der Waals surface area contributed by atoms with Gasteiger partial charge in [-0.25, -0.2) is 0 Å². The van der Waals surface area contributed by atoms with Crippen LogP contribution in [0.4, 0.5) is 0 Å². The number of aliphatic hydroxyl groups is 1. The van der Waals surface area contributed by atoms with Crippen molar-refractivity contribution in [3.63, 3.8) is 0 Å². The van der Waals surface area contributed by atoms with Gasteiger partial charge in [0.25, 0.3) is 9.70 Å². The van der Waals surface area contributed by atoms with Gasteiger partial charge in [-0.2, -0.15) is 0 Å². The maximum atomic E-state index is 11.2. The van der Waals surface area contributed by atoms with E-state index in [0.717, 1.165) is 6.42 Å². The number of carbonyl (C=O) groups excluding carboxylic acids is 1. The number of aliphatic hydroxyl groups excluding tert-OH is 1. The molecule has 0 fully saturated rings. The Labute approximate surface area is 97.0 Å². The third-order valence-electron chi connectivity index (χ3n) is 1.96. The minimum absolute atomic E-state index is 0.372. The lowest BCUT2D eigenvalue weighted by molar-refractivity contribution is -0.121. The summed E-state index contributed by atoms with van der Waals surface area (Å²) < 4.78 is -1.97. The monoisotopic (exact) mass is 257 g/mol. The lowest BCUT2D eigenvalue weighted by Gasteiger charge is -2.26. The number of nitrogens with one attached hydrogen (secondary N) is 1. The largest absolute Gasteiger partial charge is 0.387 e. The molecule has 2 atom stereocenters. The zero-order valence-corrected chi connectivity index (χ0v) is 9.48. The van der Waals surface area contributed by atoms with Crippen molar-refractivity contribution >= 4 is 40.7 Å². The normalized spacial score (nSPS) is 27.4. The number of halogens is 3. The number of alkyl halides is 3. The molecule has 0 bridgehead atoms. The molecular formula is C8H10Cl3NO2. The Balaban J connectivity index is 2.52. The molecule has 0 radical (unpaired) electrons. The van der Waals surface area contributed by atoms with Crippen LogP contribution in [0.25, 0.3) is 0 Å². The fourth-order valence-electron chi connectivity index (χ4n) is 1.22. The first-order valence-corrected chi connectivity index (χ1v) is 5.27. The van der Waals surface area contributed by atoms with Gasteiger partial charge in [-0.05, 0) is 12.8 Å². The Morgan fingerprint density at radius 1 is 1.50 bits per heavy atom. The Bertz CT molecular complexity index is 249. The van der Waals surface area contributed by atoms with E-state index in [1.54, 1.807) is 6.08 Å². The maximum Gasteiger partial charge on any atom is 0.272 e. The van der Waals surface area contributed by atoms with E-state index in [1.165, 1.54) is 0 Å². The van der Waals surface area contributed by atoms with Crippen LogP contribution in [0.3, 0.4) is 0 Å². The fraction of sp³-hybridized carbons (Fsp3) is 0.625. The highest BCUT2D eigenvalue weighted by Gasteiger charge is 2.33. The van der Waals surface area contributed by atoms with Crippen LogP contribution in [0.1, 0.15) is 12.8 Å². The van der Waals surface area contributed by atoms with Gasteiger partial charge in [0.2, 0.25) is 0 Å². The number of rotatable bonds is 1. The quantitative estimate of drug-likeness (QED) is 0.554. The van der Waals surface area contributed by atoms with Gasteiger partial charge in [-0.3, -0.25) is 4.79 Å². The summed E-state index contributed by atoms with van der Waals surface area (Å²) >= 11 is 16.1. The molecule has 14 heavy (non-hydrogen) atoms. The summed E-state index contributed by atoms with van der Waals surface area (Å²) in [4.78, 5) is 11.2. The van der Waals surface area contributed by atoms with Crippen LogP contribution in [0.2, 0.25) is 0 Å². The molecule has 0 unspecified atom stereocenters. The molecule has 1 aliphatic carbocycles. The van der Waals surface area contributed by atoms with Crippen LogP contribution >= 0.6 is 34.8 Å². The molecule has 6 heteroatoms. The lowest BCUT2D eigenvalue weighted by Crippen LogP contribution is -2.47. The topological polar surface area (TPSA) is 49.3 Å². The molecule has 0 saturated heterocycles. The highest BCUT2D eigenvalue weighted by atomic mass is 35.6. The van der Waals surface area contributed by atoms with Crippen molar-refractivity contribution in [1.82, 2.24) is 5.32 Å². The van der Waals surface area contributed by atoms with Crippen LogP contribution in [-0.4, -0.2) is 27.0 Å². The first-order valence-electron chi connectivity index (χ1n) is 4.13. The Kier molecular flexibility index (Phi) is 4.07. The smallest absolute Gasteiger partial charge is 0.272 e. The van der Waals surface area contributed by atoms with Gasteiger partial charge >= 0.3 is 0 Å². The molecule has 0 aliphatic heterocycles. The maximum absolute atomic E-state index is 11.2. The zero-order chi connectivity index (χ0) is 10.8. The fourth-order valence-corrected chi connectivity index (χ4v) is 1.39. The van der Waals surface area contributed by atoms with E-state index in [2.05, 4.69) is 5.32 Å². The number of amides is 1. The molecule has 0 aromatic rings. The molecule has 0 aromatic heterocycles. The highest BCUT2D eigenvalue weighted by Crippen LogP contribution is 2.26. The van der Waals surface area contributed by atoms with Crippen molar-refractivity contribution in [1.29, 1.82) is 0 Å². The van der Waals surface area contributed by atoms with Gasteiger partial charge in [0.1, 0.15) is 0 Å². The van der Waals surface area contributed by atoms with Gasteiger partial charge < -0.3 is 10.4 Å². The van der Waals surface area contributed by atoms with E-state index in [4.69, 9.17) is 34.8 Å². The van der Waals surface area contributed by atoms with E-state index >= 15 is 0 Å². The molecule has 2 N–H and O–H groups in total. The van der Waals surface area contributed by atoms with Crippen molar-refractivity contribution in [2.75, 3.05) is 0 Å². The minimum atomic E-state index is -1.97. The third-order valence-corrected chi connectivity index (χ3v) is 2.48. The highest BCUT2D eigenvalue weighted by molar-refractivity contribution is 6.76. The molecule has 0 spiro atoms. The summed E-state index contributed by atoms with van der Waals surface area (Å²) in [5.74, 6) is -0.707. The standard InChI is InChI=1S/C8H10Cl3NO2/c9-8(10,11)7(14)12-5-3-1-2-4-6(5)13/h2,4-6,13H,1,3H2,(H,12,14)/t5-,6+/m0/s1.